The van der Waals surface area contributed by atoms with Crippen molar-refractivity contribution in [3.8, 4) is 17.8 Å². The fourth-order valence-electron chi connectivity index (χ4n) is 2.82. The van der Waals surface area contributed by atoms with Gasteiger partial charge in [-0.3, -0.25) is 9.59 Å². The number of hydrogen-bond acceptors (Lipinski definition) is 5. The third-order valence-electron chi connectivity index (χ3n) is 4.25. The normalized spacial score (nSPS) is 17.6. The fourth-order valence-corrected chi connectivity index (χ4v) is 2.82. The van der Waals surface area contributed by atoms with Crippen LogP contribution < -0.4 is 5.32 Å². The van der Waals surface area contributed by atoms with Crippen molar-refractivity contribution < 1.29 is 18.4 Å². The number of nitrogens with zero attached hydrogens (tertiary/aromatic N) is 5. The van der Waals surface area contributed by atoms with Crippen LogP contribution in [-0.4, -0.2) is 51.5 Å². The molecule has 142 valence electrons. The fraction of sp³-hybridized carbons (Fsp3) is 0.278. The van der Waals surface area contributed by atoms with Gasteiger partial charge in [0.15, 0.2) is 0 Å². The number of carbonyl (C=O) groups is 2. The number of rotatable bonds is 4. The highest BCUT2D eigenvalue weighted by molar-refractivity contribution is 5.96. The van der Waals surface area contributed by atoms with Crippen LogP contribution in [0.3, 0.4) is 0 Å². The molecule has 0 aliphatic carbocycles. The van der Waals surface area contributed by atoms with E-state index in [0.717, 1.165) is 4.90 Å². The molecule has 1 saturated heterocycles. The lowest BCUT2D eigenvalue weighted by Crippen LogP contribution is -2.42. The topological polar surface area (TPSA) is 115 Å². The Kier molecular flexibility index (Phi) is 5.05. The largest absolute Gasteiger partial charge is 0.343 e. The predicted molar refractivity (Wildman–Crippen MR) is 91.3 cm³/mol. The number of aromatic nitrogens is 2. The highest BCUT2D eigenvalue weighted by Gasteiger charge is 2.47. The monoisotopic (exact) mass is 384 g/mol. The molecule has 1 aliphatic rings. The first-order chi connectivity index (χ1) is 13.3. The Morgan fingerprint density at radius 3 is 2.64 bits per heavy atom. The second kappa shape index (κ2) is 7.45. The van der Waals surface area contributed by atoms with Crippen LogP contribution in [0.4, 0.5) is 8.78 Å². The van der Waals surface area contributed by atoms with Crippen LogP contribution in [0.1, 0.15) is 22.3 Å². The van der Waals surface area contributed by atoms with Crippen LogP contribution in [0.2, 0.25) is 0 Å². The van der Waals surface area contributed by atoms with Gasteiger partial charge in [0.25, 0.3) is 11.8 Å². The summed E-state index contributed by atoms with van der Waals surface area (Å²) in [6.45, 7) is -1.34. The second-order valence-corrected chi connectivity index (χ2v) is 6.24. The number of carbonyl (C=O) groups excluding carboxylic acids is 2. The van der Waals surface area contributed by atoms with Gasteiger partial charge in [-0.1, -0.05) is 0 Å². The maximum atomic E-state index is 13.4. The molecule has 0 saturated carbocycles. The Morgan fingerprint density at radius 2 is 2.00 bits per heavy atom. The van der Waals surface area contributed by atoms with Gasteiger partial charge < -0.3 is 10.2 Å². The Hall–Kier alpha value is -3.79. The maximum absolute atomic E-state index is 13.4. The first-order valence-electron chi connectivity index (χ1n) is 8.23. The van der Waals surface area contributed by atoms with Crippen LogP contribution in [0.25, 0.3) is 5.69 Å². The Bertz CT molecular complexity index is 987. The molecule has 1 aromatic heterocycles. The molecule has 2 amide bonds. The Morgan fingerprint density at radius 1 is 1.29 bits per heavy atom. The van der Waals surface area contributed by atoms with Gasteiger partial charge in [-0.25, -0.2) is 13.5 Å². The van der Waals surface area contributed by atoms with Crippen molar-refractivity contribution in [3.63, 3.8) is 0 Å². The lowest BCUT2D eigenvalue weighted by molar-refractivity contribution is -0.131. The highest BCUT2D eigenvalue weighted by Crippen LogP contribution is 2.31. The van der Waals surface area contributed by atoms with Crippen molar-refractivity contribution in [1.82, 2.24) is 20.0 Å². The molecule has 1 aliphatic heterocycles. The zero-order chi connectivity index (χ0) is 20.3. The van der Waals surface area contributed by atoms with Gasteiger partial charge in [0.1, 0.15) is 6.04 Å². The second-order valence-electron chi connectivity index (χ2n) is 6.24. The van der Waals surface area contributed by atoms with Crippen LogP contribution in [-0.2, 0) is 4.79 Å². The van der Waals surface area contributed by atoms with Crippen LogP contribution in [0.15, 0.2) is 36.7 Å². The molecule has 8 nitrogen and oxygen atoms in total. The zero-order valence-electron chi connectivity index (χ0n) is 14.5. The van der Waals surface area contributed by atoms with Crippen molar-refractivity contribution >= 4 is 11.8 Å². The van der Waals surface area contributed by atoms with E-state index in [2.05, 4.69) is 10.4 Å². The summed E-state index contributed by atoms with van der Waals surface area (Å²) >= 11 is 0. The van der Waals surface area contributed by atoms with Crippen LogP contribution >= 0.6 is 0 Å². The van der Waals surface area contributed by atoms with Gasteiger partial charge in [0.2, 0.25) is 5.91 Å². The first-order valence-corrected chi connectivity index (χ1v) is 8.23. The molecular weight excluding hydrogens is 370 g/mol. The van der Waals surface area contributed by atoms with Gasteiger partial charge in [-0.05, 0) is 24.3 Å². The molecule has 0 bridgehead atoms. The molecule has 1 aromatic carbocycles. The molecule has 10 heteroatoms. The molecule has 1 fully saturated rings. The Labute approximate surface area is 158 Å². The molecule has 3 rings (SSSR count). The summed E-state index contributed by atoms with van der Waals surface area (Å²) in [5.74, 6) is -4.47. The average Bonchev–Trinajstić information content (AvgIpc) is 3.30. The smallest absolute Gasteiger partial charge is 0.268 e. The average molecular weight is 384 g/mol. The summed E-state index contributed by atoms with van der Waals surface area (Å²) < 4.78 is 28.2. The van der Waals surface area contributed by atoms with Gasteiger partial charge in [-0.15, -0.1) is 0 Å². The molecule has 0 radical (unpaired) electrons. The van der Waals surface area contributed by atoms with Crippen molar-refractivity contribution in [2.45, 2.75) is 18.4 Å². The van der Waals surface area contributed by atoms with Crippen molar-refractivity contribution in [3.05, 3.63) is 47.8 Å². The minimum Gasteiger partial charge on any atom is -0.343 e. The zero-order valence-corrected chi connectivity index (χ0v) is 14.5. The van der Waals surface area contributed by atoms with E-state index in [1.54, 1.807) is 30.3 Å². The summed E-state index contributed by atoms with van der Waals surface area (Å²) in [4.78, 5) is 25.1. The lowest BCUT2D eigenvalue weighted by Gasteiger charge is -2.19. The predicted octanol–water partition coefficient (Wildman–Crippen LogP) is 1.23. The van der Waals surface area contributed by atoms with Crippen molar-refractivity contribution in [1.29, 1.82) is 10.5 Å². The number of amides is 2. The Balaban J connectivity index is 1.61. The molecule has 2 aromatic rings. The molecule has 1 N–H and O–H groups in total. The molecule has 1 atom stereocenters. The van der Waals surface area contributed by atoms with E-state index in [-0.39, 0.29) is 5.56 Å². The number of alkyl halides is 2. The third kappa shape index (κ3) is 3.96. The van der Waals surface area contributed by atoms with Gasteiger partial charge in [-0.2, -0.15) is 15.6 Å². The molecule has 2 heterocycles. The molecular formula is C18H14F2N6O2. The van der Waals surface area contributed by atoms with Crippen LogP contribution in [0, 0.1) is 22.7 Å². The highest BCUT2D eigenvalue weighted by atomic mass is 19.3. The minimum atomic E-state index is -3.11. The van der Waals surface area contributed by atoms with E-state index < -0.39 is 43.3 Å². The maximum Gasteiger partial charge on any atom is 0.268 e. The lowest BCUT2D eigenvalue weighted by atomic mass is 10.2. The van der Waals surface area contributed by atoms with E-state index in [0.29, 0.717) is 11.3 Å². The first kappa shape index (κ1) is 19.0. The minimum absolute atomic E-state index is 0.167. The number of likely N-dealkylation sites (tertiary alicyclic amines) is 1. The van der Waals surface area contributed by atoms with E-state index in [1.807, 2.05) is 6.07 Å². The number of hydrogen-bond donors (Lipinski definition) is 1. The summed E-state index contributed by atoms with van der Waals surface area (Å²) in [6.07, 6.45) is 2.02. The van der Waals surface area contributed by atoms with E-state index in [1.165, 1.54) is 17.1 Å². The summed E-state index contributed by atoms with van der Waals surface area (Å²) in [5, 5.41) is 24.1. The van der Waals surface area contributed by atoms with Crippen molar-refractivity contribution in [2.75, 3.05) is 13.1 Å². The van der Waals surface area contributed by atoms with Crippen LogP contribution in [0.5, 0.6) is 0 Å². The SMILES string of the molecule is N#Cc1ccc(-n2cc(C(=O)NCC(=O)N3CC(F)(F)C[C@H]3C#N)cn2)cc1. The standard InChI is InChI=1S/C18H14F2N6O2/c19-18(20)5-15(7-22)25(11-18)16(27)9-23-17(28)13-8-24-26(10-13)14-3-1-12(6-21)2-4-14/h1-4,8,10,15H,5,9,11H2,(H,23,28)/t15-/m0/s1. The number of nitriles is 2. The molecule has 0 unspecified atom stereocenters. The van der Waals surface area contributed by atoms with Crippen molar-refractivity contribution in [2.24, 2.45) is 0 Å². The van der Waals surface area contributed by atoms with Gasteiger partial charge in [0.05, 0.1) is 48.2 Å². The molecule has 0 spiro atoms. The van der Waals surface area contributed by atoms with Gasteiger partial charge >= 0.3 is 0 Å². The van der Waals surface area contributed by atoms with Gasteiger partial charge in [0, 0.05) is 12.6 Å². The van der Waals surface area contributed by atoms with E-state index >= 15 is 0 Å². The summed E-state index contributed by atoms with van der Waals surface area (Å²) in [5.41, 5.74) is 1.28. The van der Waals surface area contributed by atoms with E-state index in [4.69, 9.17) is 10.5 Å². The number of halogens is 2. The quantitative estimate of drug-likeness (QED) is 0.852. The van der Waals surface area contributed by atoms with E-state index in [9.17, 15) is 18.4 Å². The summed E-state index contributed by atoms with van der Waals surface area (Å²) in [7, 11) is 0. The molecule has 28 heavy (non-hydrogen) atoms. The summed E-state index contributed by atoms with van der Waals surface area (Å²) in [6, 6.07) is 8.99. The number of nitrogens with one attached hydrogen (secondary N) is 1. The third-order valence-corrected chi connectivity index (χ3v) is 4.25. The number of benzene rings is 1.